The molecule has 4 nitrogen and oxygen atoms in total. The first-order chi connectivity index (χ1) is 8.29. The van der Waals surface area contributed by atoms with Gasteiger partial charge in [0.1, 0.15) is 5.54 Å². The molecule has 1 unspecified atom stereocenters. The lowest BCUT2D eigenvalue weighted by atomic mass is 9.84. The van der Waals surface area contributed by atoms with Gasteiger partial charge < -0.3 is 15.7 Å². The molecule has 0 amide bonds. The highest BCUT2D eigenvalue weighted by molar-refractivity contribution is 5.78. The molecule has 4 heteroatoms. The van der Waals surface area contributed by atoms with Crippen molar-refractivity contribution in [3.8, 4) is 0 Å². The number of nitrogens with two attached hydrogens (primary N) is 1. The minimum Gasteiger partial charge on any atom is -0.480 e. The van der Waals surface area contributed by atoms with E-state index in [0.717, 1.165) is 26.1 Å². The van der Waals surface area contributed by atoms with Crippen molar-refractivity contribution in [1.29, 1.82) is 0 Å². The van der Waals surface area contributed by atoms with E-state index in [-0.39, 0.29) is 0 Å². The first-order valence-corrected chi connectivity index (χ1v) is 7.04. The molecule has 18 heavy (non-hydrogen) atoms. The van der Waals surface area contributed by atoms with Crippen LogP contribution in [0.1, 0.15) is 52.9 Å². The van der Waals surface area contributed by atoms with Gasteiger partial charge in [-0.1, -0.05) is 20.8 Å². The second kappa shape index (κ2) is 6.02. The Bertz CT molecular complexity index is 292. The van der Waals surface area contributed by atoms with Crippen LogP contribution >= 0.6 is 0 Å². The molecule has 0 aromatic heterocycles. The maximum Gasteiger partial charge on any atom is 0.323 e. The molecule has 1 fully saturated rings. The molecule has 0 bridgehead atoms. The van der Waals surface area contributed by atoms with Crippen molar-refractivity contribution in [1.82, 2.24) is 4.90 Å². The van der Waals surface area contributed by atoms with E-state index in [4.69, 9.17) is 10.8 Å². The van der Waals surface area contributed by atoms with Crippen molar-refractivity contribution in [2.24, 2.45) is 11.1 Å². The van der Waals surface area contributed by atoms with E-state index in [9.17, 15) is 4.79 Å². The van der Waals surface area contributed by atoms with Crippen molar-refractivity contribution in [3.05, 3.63) is 0 Å². The molecule has 1 rings (SSSR count). The number of aliphatic carboxylic acids is 1. The van der Waals surface area contributed by atoms with Crippen molar-refractivity contribution in [2.45, 2.75) is 58.4 Å². The molecule has 1 saturated heterocycles. The number of likely N-dealkylation sites (tertiary alicyclic amines) is 1. The van der Waals surface area contributed by atoms with Gasteiger partial charge >= 0.3 is 5.97 Å². The van der Waals surface area contributed by atoms with Crippen molar-refractivity contribution < 1.29 is 9.90 Å². The van der Waals surface area contributed by atoms with Gasteiger partial charge in [-0.25, -0.2) is 0 Å². The van der Waals surface area contributed by atoms with E-state index in [1.165, 1.54) is 12.8 Å². The van der Waals surface area contributed by atoms with Gasteiger partial charge in [-0.05, 0) is 50.6 Å². The summed E-state index contributed by atoms with van der Waals surface area (Å²) in [5.41, 5.74) is 5.25. The van der Waals surface area contributed by atoms with Crippen LogP contribution in [0.25, 0.3) is 0 Å². The average molecular weight is 256 g/mol. The zero-order valence-electron chi connectivity index (χ0n) is 12.0. The summed E-state index contributed by atoms with van der Waals surface area (Å²) < 4.78 is 0. The number of hydrogen-bond acceptors (Lipinski definition) is 3. The fourth-order valence-electron chi connectivity index (χ4n) is 2.79. The van der Waals surface area contributed by atoms with Gasteiger partial charge in [-0.2, -0.15) is 0 Å². The third-order valence-electron chi connectivity index (χ3n) is 4.13. The zero-order chi connectivity index (χ0) is 13.8. The summed E-state index contributed by atoms with van der Waals surface area (Å²) in [6, 6.07) is 0. The Kier molecular flexibility index (Phi) is 5.17. The molecule has 1 aliphatic heterocycles. The number of hydrogen-bond donors (Lipinski definition) is 2. The van der Waals surface area contributed by atoms with Gasteiger partial charge in [0.05, 0.1) is 0 Å². The van der Waals surface area contributed by atoms with Crippen LogP contribution in [-0.2, 0) is 4.79 Å². The van der Waals surface area contributed by atoms with Crippen LogP contribution in [0.5, 0.6) is 0 Å². The summed E-state index contributed by atoms with van der Waals surface area (Å²) in [5, 5.41) is 9.11. The van der Waals surface area contributed by atoms with Crippen LogP contribution in [0.2, 0.25) is 0 Å². The summed E-state index contributed by atoms with van der Waals surface area (Å²) in [6.07, 6.45) is 4.46. The molecule has 1 aliphatic rings. The normalized spacial score (nSPS) is 23.6. The lowest BCUT2D eigenvalue weighted by Crippen LogP contribution is -2.48. The molecule has 0 aromatic rings. The van der Waals surface area contributed by atoms with E-state index >= 15 is 0 Å². The molecule has 3 N–H and O–H groups in total. The minimum absolute atomic E-state index is 0.398. The van der Waals surface area contributed by atoms with Gasteiger partial charge in [0, 0.05) is 6.54 Å². The molecule has 0 radical (unpaired) electrons. The largest absolute Gasteiger partial charge is 0.480 e. The minimum atomic E-state index is -1.04. The van der Waals surface area contributed by atoms with E-state index in [1.807, 2.05) is 6.92 Å². The number of carbonyl (C=O) groups is 1. The third-order valence-corrected chi connectivity index (χ3v) is 4.13. The smallest absolute Gasteiger partial charge is 0.323 e. The molecule has 1 heterocycles. The number of nitrogens with zero attached hydrogens (tertiary/aromatic N) is 1. The van der Waals surface area contributed by atoms with Crippen molar-refractivity contribution in [3.63, 3.8) is 0 Å². The quantitative estimate of drug-likeness (QED) is 0.763. The number of piperidine rings is 1. The van der Waals surface area contributed by atoms with Crippen LogP contribution in [-0.4, -0.2) is 41.1 Å². The summed E-state index contributed by atoms with van der Waals surface area (Å²) in [6.45, 7) is 9.67. The Morgan fingerprint density at radius 2 is 2.17 bits per heavy atom. The average Bonchev–Trinajstić information content (AvgIpc) is 2.27. The highest BCUT2D eigenvalue weighted by atomic mass is 16.4. The molecule has 0 aromatic carbocycles. The molecule has 106 valence electrons. The maximum atomic E-state index is 11.1. The van der Waals surface area contributed by atoms with Crippen LogP contribution < -0.4 is 5.73 Å². The predicted octanol–water partition coefficient (Wildman–Crippen LogP) is 2.08. The number of carboxylic acid groups (broad SMARTS) is 1. The van der Waals surface area contributed by atoms with Gasteiger partial charge in [-0.3, -0.25) is 4.79 Å². The lowest BCUT2D eigenvalue weighted by Gasteiger charge is -2.38. The van der Waals surface area contributed by atoms with E-state index in [1.54, 1.807) is 0 Å². The second-order valence-corrected chi connectivity index (χ2v) is 6.46. The summed E-state index contributed by atoms with van der Waals surface area (Å²) >= 11 is 0. The van der Waals surface area contributed by atoms with Crippen molar-refractivity contribution >= 4 is 5.97 Å². The third kappa shape index (κ3) is 4.25. The van der Waals surface area contributed by atoms with Crippen LogP contribution in [0, 0.1) is 5.41 Å². The Labute approximate surface area is 111 Å². The lowest BCUT2D eigenvalue weighted by molar-refractivity contribution is -0.143. The first kappa shape index (κ1) is 15.4. The van der Waals surface area contributed by atoms with E-state index in [0.29, 0.717) is 18.3 Å². The fraction of sp³-hybridized carbons (Fsp3) is 0.929. The van der Waals surface area contributed by atoms with Gasteiger partial charge in [0.25, 0.3) is 0 Å². The zero-order valence-corrected chi connectivity index (χ0v) is 12.0. The van der Waals surface area contributed by atoms with Gasteiger partial charge in [0.15, 0.2) is 0 Å². The maximum absolute atomic E-state index is 11.1. The Morgan fingerprint density at radius 1 is 1.50 bits per heavy atom. The molecule has 1 atom stereocenters. The highest BCUT2D eigenvalue weighted by Gasteiger charge is 2.32. The highest BCUT2D eigenvalue weighted by Crippen LogP contribution is 2.28. The Morgan fingerprint density at radius 3 is 2.67 bits per heavy atom. The standard InChI is InChI=1S/C14H28N2O2/c1-4-14(15,12(17)18)8-6-10-16-9-5-7-13(2,3)11-16/h4-11,15H2,1-3H3,(H,17,18). The van der Waals surface area contributed by atoms with Gasteiger partial charge in [0.2, 0.25) is 0 Å². The fourth-order valence-corrected chi connectivity index (χ4v) is 2.79. The molecule has 0 saturated carbocycles. The number of rotatable bonds is 6. The van der Waals surface area contributed by atoms with Gasteiger partial charge in [-0.15, -0.1) is 0 Å². The van der Waals surface area contributed by atoms with Crippen molar-refractivity contribution in [2.75, 3.05) is 19.6 Å². The van der Waals surface area contributed by atoms with E-state index < -0.39 is 11.5 Å². The summed E-state index contributed by atoms with van der Waals surface area (Å²) in [5.74, 6) is -0.871. The topological polar surface area (TPSA) is 66.6 Å². The monoisotopic (exact) mass is 256 g/mol. The summed E-state index contributed by atoms with van der Waals surface area (Å²) in [7, 11) is 0. The van der Waals surface area contributed by atoms with Crippen LogP contribution in [0.4, 0.5) is 0 Å². The van der Waals surface area contributed by atoms with Crippen LogP contribution in [0.15, 0.2) is 0 Å². The molecule has 0 spiro atoms. The molecule has 0 aliphatic carbocycles. The second-order valence-electron chi connectivity index (χ2n) is 6.46. The van der Waals surface area contributed by atoms with Crippen LogP contribution in [0.3, 0.4) is 0 Å². The Balaban J connectivity index is 2.35. The predicted molar refractivity (Wildman–Crippen MR) is 73.5 cm³/mol. The number of carboxylic acids is 1. The Hall–Kier alpha value is -0.610. The summed E-state index contributed by atoms with van der Waals surface area (Å²) in [4.78, 5) is 13.5. The van der Waals surface area contributed by atoms with E-state index in [2.05, 4.69) is 18.7 Å². The molecular formula is C14H28N2O2. The SMILES string of the molecule is CCC(N)(CCCN1CCCC(C)(C)C1)C(=O)O. The first-order valence-electron chi connectivity index (χ1n) is 7.04. The molecular weight excluding hydrogens is 228 g/mol.